The Bertz CT molecular complexity index is 353. The van der Waals surface area contributed by atoms with Gasteiger partial charge >= 0.3 is 0 Å². The first-order valence-corrected chi connectivity index (χ1v) is 7.28. The van der Waals surface area contributed by atoms with Crippen LogP contribution in [0.2, 0.25) is 0 Å². The van der Waals surface area contributed by atoms with E-state index in [1.54, 1.807) is 0 Å². The van der Waals surface area contributed by atoms with Crippen LogP contribution in [0.25, 0.3) is 0 Å². The molecule has 2 unspecified atom stereocenters. The van der Waals surface area contributed by atoms with Gasteiger partial charge in [0.2, 0.25) is 0 Å². The number of hydrogen-bond acceptors (Lipinski definition) is 4. The standard InChI is InChI=1S/C13H23N3S/c1-9(14)12-5-4-6-16(7-12)8-13-15-10(2)11(3)17-13/h9,12H,4-8,14H2,1-3H3. The van der Waals surface area contributed by atoms with E-state index in [4.69, 9.17) is 5.73 Å². The molecule has 1 aliphatic heterocycles. The summed E-state index contributed by atoms with van der Waals surface area (Å²) in [6.45, 7) is 9.71. The summed E-state index contributed by atoms with van der Waals surface area (Å²) < 4.78 is 0. The molecule has 1 aromatic rings. The van der Waals surface area contributed by atoms with E-state index in [0.29, 0.717) is 12.0 Å². The minimum Gasteiger partial charge on any atom is -0.328 e. The van der Waals surface area contributed by atoms with Gasteiger partial charge in [0.25, 0.3) is 0 Å². The van der Waals surface area contributed by atoms with Gasteiger partial charge in [-0.15, -0.1) is 11.3 Å². The van der Waals surface area contributed by atoms with Gasteiger partial charge in [-0.3, -0.25) is 4.90 Å². The van der Waals surface area contributed by atoms with Crippen LogP contribution in [-0.4, -0.2) is 29.0 Å². The Morgan fingerprint density at radius 3 is 2.88 bits per heavy atom. The summed E-state index contributed by atoms with van der Waals surface area (Å²) in [5.74, 6) is 0.658. The van der Waals surface area contributed by atoms with Crippen molar-refractivity contribution in [1.82, 2.24) is 9.88 Å². The Balaban J connectivity index is 1.94. The minimum atomic E-state index is 0.317. The molecule has 4 heteroatoms. The molecule has 2 N–H and O–H groups in total. The van der Waals surface area contributed by atoms with E-state index in [2.05, 4.69) is 30.7 Å². The summed E-state index contributed by atoms with van der Waals surface area (Å²) in [6.07, 6.45) is 2.56. The first kappa shape index (κ1) is 13.0. The molecular formula is C13H23N3S. The summed E-state index contributed by atoms with van der Waals surface area (Å²) >= 11 is 1.83. The third-order valence-corrected chi connectivity index (χ3v) is 4.77. The summed E-state index contributed by atoms with van der Waals surface area (Å²) in [4.78, 5) is 8.48. The minimum absolute atomic E-state index is 0.317. The van der Waals surface area contributed by atoms with Crippen LogP contribution in [0.5, 0.6) is 0 Å². The van der Waals surface area contributed by atoms with E-state index < -0.39 is 0 Å². The first-order valence-electron chi connectivity index (χ1n) is 6.47. The Morgan fingerprint density at radius 1 is 1.53 bits per heavy atom. The molecule has 1 fully saturated rings. The van der Waals surface area contributed by atoms with E-state index in [1.807, 2.05) is 11.3 Å². The van der Waals surface area contributed by atoms with Crippen LogP contribution in [0.4, 0.5) is 0 Å². The van der Waals surface area contributed by atoms with Crippen molar-refractivity contribution in [1.29, 1.82) is 0 Å². The largest absolute Gasteiger partial charge is 0.328 e. The summed E-state index contributed by atoms with van der Waals surface area (Å²) in [5.41, 5.74) is 7.20. The zero-order chi connectivity index (χ0) is 12.4. The second-order valence-electron chi connectivity index (χ2n) is 5.25. The van der Waals surface area contributed by atoms with Gasteiger partial charge in [-0.25, -0.2) is 4.98 Å². The normalized spacial score (nSPS) is 23.9. The van der Waals surface area contributed by atoms with Gasteiger partial charge in [-0.2, -0.15) is 0 Å². The van der Waals surface area contributed by atoms with Gasteiger partial charge in [0.15, 0.2) is 0 Å². The van der Waals surface area contributed by atoms with Gasteiger partial charge < -0.3 is 5.73 Å². The molecule has 0 saturated carbocycles. The number of likely N-dealkylation sites (tertiary alicyclic amines) is 1. The van der Waals surface area contributed by atoms with E-state index in [-0.39, 0.29) is 0 Å². The van der Waals surface area contributed by atoms with Gasteiger partial charge in [0.1, 0.15) is 5.01 Å². The predicted molar refractivity (Wildman–Crippen MR) is 73.2 cm³/mol. The maximum absolute atomic E-state index is 6.01. The molecule has 0 aliphatic carbocycles. The molecule has 0 aromatic carbocycles. The Kier molecular flexibility index (Phi) is 4.17. The third-order valence-electron chi connectivity index (χ3n) is 3.72. The zero-order valence-corrected chi connectivity index (χ0v) is 11.9. The Hall–Kier alpha value is -0.450. The van der Waals surface area contributed by atoms with Crippen molar-refractivity contribution in [2.45, 2.75) is 46.2 Å². The maximum atomic E-state index is 6.01. The fourth-order valence-corrected chi connectivity index (χ4v) is 3.44. The average Bonchev–Trinajstić information content (AvgIpc) is 2.58. The van der Waals surface area contributed by atoms with Crippen molar-refractivity contribution in [3.8, 4) is 0 Å². The van der Waals surface area contributed by atoms with Crippen molar-refractivity contribution in [3.05, 3.63) is 15.6 Å². The van der Waals surface area contributed by atoms with E-state index >= 15 is 0 Å². The quantitative estimate of drug-likeness (QED) is 0.899. The third kappa shape index (κ3) is 3.27. The van der Waals surface area contributed by atoms with E-state index in [9.17, 15) is 0 Å². The van der Waals surface area contributed by atoms with E-state index in [0.717, 1.165) is 13.1 Å². The van der Waals surface area contributed by atoms with Crippen LogP contribution in [0.1, 0.15) is 35.3 Å². The van der Waals surface area contributed by atoms with Crippen molar-refractivity contribution >= 4 is 11.3 Å². The van der Waals surface area contributed by atoms with Crippen LogP contribution < -0.4 is 5.73 Å². The average molecular weight is 253 g/mol. The Labute approximate surface area is 108 Å². The highest BCUT2D eigenvalue weighted by Gasteiger charge is 2.23. The molecule has 0 bridgehead atoms. The molecule has 0 amide bonds. The topological polar surface area (TPSA) is 42.2 Å². The van der Waals surface area contributed by atoms with Gasteiger partial charge in [-0.1, -0.05) is 0 Å². The number of thiazole rings is 1. The molecule has 96 valence electrons. The fourth-order valence-electron chi connectivity index (χ4n) is 2.46. The van der Waals surface area contributed by atoms with Gasteiger partial charge in [0, 0.05) is 17.5 Å². The zero-order valence-electron chi connectivity index (χ0n) is 11.1. The molecule has 2 heterocycles. The molecule has 2 rings (SSSR count). The Morgan fingerprint density at radius 2 is 2.29 bits per heavy atom. The number of rotatable bonds is 3. The van der Waals surface area contributed by atoms with Crippen LogP contribution in [0.15, 0.2) is 0 Å². The smallest absolute Gasteiger partial charge is 0.107 e. The lowest BCUT2D eigenvalue weighted by Crippen LogP contribution is -2.41. The molecule has 1 saturated heterocycles. The van der Waals surface area contributed by atoms with Crippen LogP contribution in [0, 0.1) is 19.8 Å². The lowest BCUT2D eigenvalue weighted by atomic mass is 9.92. The number of nitrogens with zero attached hydrogens (tertiary/aromatic N) is 2. The van der Waals surface area contributed by atoms with Crippen molar-refractivity contribution in [3.63, 3.8) is 0 Å². The number of aryl methyl sites for hydroxylation is 2. The van der Waals surface area contributed by atoms with Crippen LogP contribution >= 0.6 is 11.3 Å². The number of nitrogens with two attached hydrogens (primary N) is 1. The maximum Gasteiger partial charge on any atom is 0.107 e. The van der Waals surface area contributed by atoms with Crippen molar-refractivity contribution in [2.75, 3.05) is 13.1 Å². The molecule has 3 nitrogen and oxygen atoms in total. The van der Waals surface area contributed by atoms with Crippen molar-refractivity contribution < 1.29 is 0 Å². The SMILES string of the molecule is Cc1nc(CN2CCCC(C(C)N)C2)sc1C. The van der Waals surface area contributed by atoms with Crippen molar-refractivity contribution in [2.24, 2.45) is 11.7 Å². The second kappa shape index (κ2) is 5.46. The highest BCUT2D eigenvalue weighted by molar-refractivity contribution is 7.11. The molecule has 1 aliphatic rings. The lowest BCUT2D eigenvalue weighted by Gasteiger charge is -2.34. The first-order chi connectivity index (χ1) is 8.06. The molecule has 2 atom stereocenters. The highest BCUT2D eigenvalue weighted by atomic mass is 32.1. The highest BCUT2D eigenvalue weighted by Crippen LogP contribution is 2.23. The predicted octanol–water partition coefficient (Wildman–Crippen LogP) is 2.32. The second-order valence-corrected chi connectivity index (χ2v) is 6.53. The summed E-state index contributed by atoms with van der Waals surface area (Å²) in [7, 11) is 0. The fraction of sp³-hybridized carbons (Fsp3) is 0.769. The van der Waals surface area contributed by atoms with E-state index in [1.165, 1.54) is 35.0 Å². The molecule has 0 radical (unpaired) electrons. The molecule has 0 spiro atoms. The van der Waals surface area contributed by atoms with Crippen LogP contribution in [-0.2, 0) is 6.54 Å². The summed E-state index contributed by atoms with van der Waals surface area (Å²) in [5, 5.41) is 1.25. The lowest BCUT2D eigenvalue weighted by molar-refractivity contribution is 0.154. The summed E-state index contributed by atoms with van der Waals surface area (Å²) in [6, 6.07) is 0.317. The monoisotopic (exact) mass is 253 g/mol. The van der Waals surface area contributed by atoms with Gasteiger partial charge in [-0.05, 0) is 46.1 Å². The number of piperidine rings is 1. The number of aromatic nitrogens is 1. The molecule has 17 heavy (non-hydrogen) atoms. The van der Waals surface area contributed by atoms with Crippen LogP contribution in [0.3, 0.4) is 0 Å². The number of hydrogen-bond donors (Lipinski definition) is 1. The molecular weight excluding hydrogens is 230 g/mol. The molecule has 1 aromatic heterocycles. The van der Waals surface area contributed by atoms with Gasteiger partial charge in [0.05, 0.1) is 12.2 Å².